The number of aliphatic hydroxyl groups excluding tert-OH is 1. The minimum absolute atomic E-state index is 0.0419. The van der Waals surface area contributed by atoms with Crippen molar-refractivity contribution in [3.05, 3.63) is 58.6 Å². The van der Waals surface area contributed by atoms with Gasteiger partial charge in [-0.1, -0.05) is 41.9 Å². The van der Waals surface area contributed by atoms with Crippen LogP contribution in [0.3, 0.4) is 0 Å². The van der Waals surface area contributed by atoms with Gasteiger partial charge in [-0.05, 0) is 38.0 Å². The smallest absolute Gasteiger partial charge is 0.163 e. The minimum Gasteiger partial charge on any atom is -0.490 e. The van der Waals surface area contributed by atoms with E-state index in [1.165, 1.54) is 0 Å². The van der Waals surface area contributed by atoms with E-state index in [0.29, 0.717) is 36.2 Å². The Hall–Kier alpha value is -1.75. The number of rotatable bonds is 9. The van der Waals surface area contributed by atoms with Crippen LogP contribution in [0.15, 0.2) is 42.5 Å². The van der Waals surface area contributed by atoms with E-state index in [1.54, 1.807) is 6.07 Å². The highest BCUT2D eigenvalue weighted by atomic mass is 35.5. The molecule has 0 saturated carbocycles. The Bertz CT molecular complexity index is 661. The fourth-order valence-corrected chi connectivity index (χ4v) is 2.68. The maximum atomic E-state index is 10.2. The van der Waals surface area contributed by atoms with Gasteiger partial charge in [0.05, 0.1) is 18.8 Å². The van der Waals surface area contributed by atoms with Crippen LogP contribution in [0.4, 0.5) is 0 Å². The zero-order valence-corrected chi connectivity index (χ0v) is 15.7. The average Bonchev–Trinajstić information content (AvgIpc) is 2.59. The van der Waals surface area contributed by atoms with Gasteiger partial charge in [0.15, 0.2) is 11.5 Å². The topological polar surface area (TPSA) is 50.7 Å². The second-order valence-electron chi connectivity index (χ2n) is 6.05. The molecule has 0 aliphatic rings. The third-order valence-corrected chi connectivity index (χ3v) is 3.96. The molecule has 1 atom stereocenters. The lowest BCUT2D eigenvalue weighted by Crippen LogP contribution is -2.21. The summed E-state index contributed by atoms with van der Waals surface area (Å²) in [5.41, 5.74) is 1.79. The molecule has 0 aliphatic carbocycles. The van der Waals surface area contributed by atoms with Crippen molar-refractivity contribution in [3.63, 3.8) is 0 Å². The first-order chi connectivity index (χ1) is 12.0. The van der Waals surface area contributed by atoms with Crippen LogP contribution in [0, 0.1) is 0 Å². The van der Waals surface area contributed by atoms with E-state index in [4.69, 9.17) is 21.1 Å². The molecule has 0 spiro atoms. The highest BCUT2D eigenvalue weighted by molar-refractivity contribution is 6.31. The molecule has 2 N–H and O–H groups in total. The maximum Gasteiger partial charge on any atom is 0.163 e. The molecule has 0 fully saturated rings. The van der Waals surface area contributed by atoms with E-state index < -0.39 is 6.10 Å². The number of hydrogen-bond donors (Lipinski definition) is 2. The molecule has 0 aliphatic heterocycles. The number of hydrogen-bond acceptors (Lipinski definition) is 4. The third-order valence-electron chi connectivity index (χ3n) is 3.61. The number of ether oxygens (including phenoxy) is 2. The molecular formula is C20H26ClNO3. The normalized spacial score (nSPS) is 12.2. The summed E-state index contributed by atoms with van der Waals surface area (Å²) in [7, 11) is 0. The lowest BCUT2D eigenvalue weighted by atomic mass is 10.1. The molecule has 2 aromatic carbocycles. The second-order valence-corrected chi connectivity index (χ2v) is 6.45. The predicted molar refractivity (Wildman–Crippen MR) is 101 cm³/mol. The van der Waals surface area contributed by atoms with E-state index in [1.807, 2.05) is 57.2 Å². The van der Waals surface area contributed by atoms with Crippen molar-refractivity contribution in [3.8, 4) is 11.5 Å². The molecule has 25 heavy (non-hydrogen) atoms. The molecule has 0 bridgehead atoms. The number of nitrogens with one attached hydrogen (secondary N) is 1. The fraction of sp³-hybridized carbons (Fsp3) is 0.400. The van der Waals surface area contributed by atoms with Gasteiger partial charge in [-0.25, -0.2) is 0 Å². The molecule has 0 saturated heterocycles. The summed E-state index contributed by atoms with van der Waals surface area (Å²) < 4.78 is 11.4. The average molecular weight is 364 g/mol. The Morgan fingerprint density at radius 2 is 1.84 bits per heavy atom. The highest BCUT2D eigenvalue weighted by Crippen LogP contribution is 2.34. The van der Waals surface area contributed by atoms with Crippen LogP contribution >= 0.6 is 11.6 Å². The fourth-order valence-electron chi connectivity index (χ4n) is 2.46. The minimum atomic E-state index is -0.560. The van der Waals surface area contributed by atoms with E-state index in [0.717, 1.165) is 11.1 Å². The van der Waals surface area contributed by atoms with E-state index in [-0.39, 0.29) is 6.10 Å². The first-order valence-electron chi connectivity index (χ1n) is 8.56. The second kappa shape index (κ2) is 9.66. The Morgan fingerprint density at radius 3 is 2.48 bits per heavy atom. The van der Waals surface area contributed by atoms with Crippen molar-refractivity contribution < 1.29 is 14.6 Å². The Labute approximate surface area is 154 Å². The number of aliphatic hydroxyl groups is 1. The summed E-state index contributed by atoms with van der Waals surface area (Å²) in [6.07, 6.45) is -0.518. The summed E-state index contributed by atoms with van der Waals surface area (Å²) in [5.74, 6) is 1.33. The van der Waals surface area contributed by atoms with Crippen molar-refractivity contribution in [2.24, 2.45) is 0 Å². The van der Waals surface area contributed by atoms with Crippen molar-refractivity contribution in [2.75, 3.05) is 13.2 Å². The predicted octanol–water partition coefficient (Wildman–Crippen LogP) is 4.35. The first-order valence-corrected chi connectivity index (χ1v) is 8.94. The largest absolute Gasteiger partial charge is 0.490 e. The lowest BCUT2D eigenvalue weighted by molar-refractivity contribution is 0.174. The van der Waals surface area contributed by atoms with E-state index in [2.05, 4.69) is 5.32 Å². The van der Waals surface area contributed by atoms with E-state index >= 15 is 0 Å². The standard InChI is InChI=1S/C20H26ClNO3/c1-4-24-19-10-16(17(21)11-20(19)25-14(2)3)12-22-13-18(23)15-8-6-5-7-9-15/h5-11,14,18,22-23H,4,12-13H2,1-3H3. The number of benzene rings is 2. The van der Waals surface area contributed by atoms with Crippen LogP contribution in [0.2, 0.25) is 5.02 Å². The molecule has 5 heteroatoms. The third kappa shape index (κ3) is 5.92. The molecule has 2 aromatic rings. The Kier molecular flexibility index (Phi) is 7.56. The molecule has 0 amide bonds. The van der Waals surface area contributed by atoms with Crippen molar-refractivity contribution >= 4 is 11.6 Å². The summed E-state index contributed by atoms with van der Waals surface area (Å²) in [6.45, 7) is 7.38. The highest BCUT2D eigenvalue weighted by Gasteiger charge is 2.13. The van der Waals surface area contributed by atoms with Gasteiger partial charge < -0.3 is 19.9 Å². The summed E-state index contributed by atoms with van der Waals surface area (Å²) in [6, 6.07) is 13.3. The molecule has 2 rings (SSSR count). The van der Waals surface area contributed by atoms with Crippen molar-refractivity contribution in [1.82, 2.24) is 5.32 Å². The Balaban J connectivity index is 2.02. The van der Waals surface area contributed by atoms with Gasteiger partial charge in [-0.2, -0.15) is 0 Å². The summed E-state index contributed by atoms with van der Waals surface area (Å²) in [5, 5.41) is 14.1. The molecule has 1 unspecified atom stereocenters. The zero-order chi connectivity index (χ0) is 18.2. The lowest BCUT2D eigenvalue weighted by Gasteiger charge is -2.17. The van der Waals surface area contributed by atoms with Crippen LogP contribution in [0.25, 0.3) is 0 Å². The van der Waals surface area contributed by atoms with Crippen LogP contribution in [0.1, 0.15) is 38.0 Å². The van der Waals surface area contributed by atoms with Crippen molar-refractivity contribution in [2.45, 2.75) is 39.5 Å². The van der Waals surface area contributed by atoms with Gasteiger partial charge in [0.25, 0.3) is 0 Å². The van der Waals surface area contributed by atoms with Gasteiger partial charge in [-0.3, -0.25) is 0 Å². The molecule has 4 nitrogen and oxygen atoms in total. The van der Waals surface area contributed by atoms with Gasteiger partial charge in [0.2, 0.25) is 0 Å². The van der Waals surface area contributed by atoms with Gasteiger partial charge in [0, 0.05) is 24.2 Å². The zero-order valence-electron chi connectivity index (χ0n) is 15.0. The van der Waals surface area contributed by atoms with Gasteiger partial charge >= 0.3 is 0 Å². The Morgan fingerprint density at radius 1 is 1.12 bits per heavy atom. The van der Waals surface area contributed by atoms with Crippen molar-refractivity contribution in [1.29, 1.82) is 0 Å². The monoisotopic (exact) mass is 363 g/mol. The van der Waals surface area contributed by atoms with Crippen LogP contribution in [0.5, 0.6) is 11.5 Å². The molecule has 0 radical (unpaired) electrons. The molecule has 0 aromatic heterocycles. The van der Waals surface area contributed by atoms with Crippen LogP contribution in [-0.2, 0) is 6.54 Å². The molecular weight excluding hydrogens is 338 g/mol. The maximum absolute atomic E-state index is 10.2. The SMILES string of the molecule is CCOc1cc(CNCC(O)c2ccccc2)c(Cl)cc1OC(C)C. The van der Waals surface area contributed by atoms with Crippen LogP contribution < -0.4 is 14.8 Å². The van der Waals surface area contributed by atoms with Crippen LogP contribution in [-0.4, -0.2) is 24.4 Å². The summed E-state index contributed by atoms with van der Waals surface area (Å²) in [4.78, 5) is 0. The van der Waals surface area contributed by atoms with Gasteiger partial charge in [0.1, 0.15) is 0 Å². The molecule has 136 valence electrons. The van der Waals surface area contributed by atoms with Gasteiger partial charge in [-0.15, -0.1) is 0 Å². The number of halogens is 1. The quantitative estimate of drug-likeness (QED) is 0.695. The first kappa shape index (κ1) is 19.6. The molecule has 0 heterocycles. The summed E-state index contributed by atoms with van der Waals surface area (Å²) >= 11 is 6.38. The van der Waals surface area contributed by atoms with E-state index in [9.17, 15) is 5.11 Å².